The fourth-order valence-electron chi connectivity index (χ4n) is 3.27. The number of hydrogen-bond donors (Lipinski definition) is 3. The van der Waals surface area contributed by atoms with Gasteiger partial charge in [0.1, 0.15) is 0 Å². The molecule has 1 aliphatic rings. The van der Waals surface area contributed by atoms with Crippen molar-refractivity contribution < 1.29 is 8.42 Å². The molecule has 0 atom stereocenters. The molecule has 0 radical (unpaired) electrons. The molecule has 28 heavy (non-hydrogen) atoms. The third-order valence-corrected chi connectivity index (χ3v) is 6.29. The van der Waals surface area contributed by atoms with Gasteiger partial charge in [-0.25, -0.2) is 13.1 Å². The van der Waals surface area contributed by atoms with Crippen LogP contribution in [-0.4, -0.2) is 27.5 Å². The number of halogens is 1. The first kappa shape index (κ1) is 22.6. The first-order valence-corrected chi connectivity index (χ1v) is 10.6. The summed E-state index contributed by atoms with van der Waals surface area (Å²) in [6.45, 7) is 4.09. The Hall–Kier alpha value is -1.65. The summed E-state index contributed by atoms with van der Waals surface area (Å²) in [6, 6.07) is 11.6. The highest BCUT2D eigenvalue weighted by atomic mass is 127. The van der Waals surface area contributed by atoms with Crippen LogP contribution in [0.3, 0.4) is 0 Å². The van der Waals surface area contributed by atoms with Crippen molar-refractivity contribution in [1.82, 2.24) is 4.72 Å². The zero-order valence-electron chi connectivity index (χ0n) is 16.2. The first-order chi connectivity index (χ1) is 12.8. The highest BCUT2D eigenvalue weighted by molar-refractivity contribution is 14.0. The number of anilines is 1. The zero-order valence-corrected chi connectivity index (χ0v) is 19.3. The molecular weight excluding hydrogens is 487 g/mol. The molecule has 0 amide bonds. The summed E-state index contributed by atoms with van der Waals surface area (Å²) in [5.74, 6) is 0.277. The zero-order chi connectivity index (χ0) is 19.4. The molecule has 8 heteroatoms. The lowest BCUT2D eigenvalue weighted by molar-refractivity contribution is 0.581. The lowest BCUT2D eigenvalue weighted by atomic mass is 10.1. The number of hydrogen-bond acceptors (Lipinski definition) is 3. The lowest BCUT2D eigenvalue weighted by Gasteiger charge is -2.10. The van der Waals surface area contributed by atoms with Gasteiger partial charge in [-0.05, 0) is 73.6 Å². The van der Waals surface area contributed by atoms with Gasteiger partial charge in [-0.3, -0.25) is 4.99 Å². The van der Waals surface area contributed by atoms with E-state index in [1.165, 1.54) is 17.5 Å². The van der Waals surface area contributed by atoms with E-state index in [9.17, 15) is 8.42 Å². The van der Waals surface area contributed by atoms with E-state index in [1.807, 2.05) is 19.1 Å². The maximum Gasteiger partial charge on any atom is 0.240 e. The summed E-state index contributed by atoms with van der Waals surface area (Å²) in [5, 5.41) is 3.07. The predicted octanol–water partition coefficient (Wildman–Crippen LogP) is 3.12. The SMILES string of the molecule is Cc1ccc(C)c(S(=O)(=O)NCCN=C(N)Nc2ccc3c(c2)CCC3)c1.I. The Balaban J connectivity index is 0.00000280. The molecule has 0 aliphatic heterocycles. The molecule has 152 valence electrons. The van der Waals surface area contributed by atoms with Gasteiger partial charge in [0.25, 0.3) is 0 Å². The van der Waals surface area contributed by atoms with Gasteiger partial charge < -0.3 is 11.1 Å². The van der Waals surface area contributed by atoms with Gasteiger partial charge in [0.05, 0.1) is 11.4 Å². The molecule has 0 saturated heterocycles. The molecule has 0 saturated carbocycles. The van der Waals surface area contributed by atoms with Gasteiger partial charge >= 0.3 is 0 Å². The highest BCUT2D eigenvalue weighted by Gasteiger charge is 2.16. The van der Waals surface area contributed by atoms with E-state index < -0.39 is 10.0 Å². The molecule has 4 N–H and O–H groups in total. The Kier molecular flexibility index (Phi) is 7.85. The standard InChI is InChI=1S/C20H26N4O2S.HI/c1-14-6-7-15(2)19(12-14)27(25,26)23-11-10-22-20(21)24-18-9-8-16-4-3-5-17(16)13-18;/h6-9,12-13,23H,3-5,10-11H2,1-2H3,(H3,21,22,24);1H. The maximum atomic E-state index is 12.4. The molecule has 0 fully saturated rings. The summed E-state index contributed by atoms with van der Waals surface area (Å²) < 4.78 is 27.5. The number of guanidine groups is 1. The fraction of sp³-hybridized carbons (Fsp3) is 0.350. The summed E-state index contributed by atoms with van der Waals surface area (Å²) in [5.41, 5.74) is 11.2. The van der Waals surface area contributed by atoms with Crippen LogP contribution < -0.4 is 15.8 Å². The van der Waals surface area contributed by atoms with Gasteiger partial charge in [0, 0.05) is 12.2 Å². The van der Waals surface area contributed by atoms with E-state index in [4.69, 9.17) is 5.73 Å². The summed E-state index contributed by atoms with van der Waals surface area (Å²) in [4.78, 5) is 4.51. The predicted molar refractivity (Wildman–Crippen MR) is 125 cm³/mol. The van der Waals surface area contributed by atoms with Crippen molar-refractivity contribution >= 4 is 45.6 Å². The van der Waals surface area contributed by atoms with Gasteiger partial charge in [0.2, 0.25) is 10.0 Å². The maximum absolute atomic E-state index is 12.4. The Morgan fingerprint density at radius 3 is 2.64 bits per heavy atom. The molecule has 6 nitrogen and oxygen atoms in total. The molecule has 1 aliphatic carbocycles. The molecular formula is C20H27IN4O2S. The van der Waals surface area contributed by atoms with Crippen molar-refractivity contribution in [3.8, 4) is 0 Å². The van der Waals surface area contributed by atoms with Gasteiger partial charge in [-0.1, -0.05) is 18.2 Å². The Bertz CT molecular complexity index is 974. The normalized spacial score (nSPS) is 13.7. The summed E-state index contributed by atoms with van der Waals surface area (Å²) in [6.07, 6.45) is 3.44. The van der Waals surface area contributed by atoms with E-state index in [0.717, 1.165) is 29.7 Å². The Morgan fingerprint density at radius 1 is 1.11 bits per heavy atom. The smallest absolute Gasteiger partial charge is 0.240 e. The summed E-state index contributed by atoms with van der Waals surface area (Å²) in [7, 11) is -3.56. The van der Waals surface area contributed by atoms with Crippen molar-refractivity contribution in [3.63, 3.8) is 0 Å². The third kappa shape index (κ3) is 5.68. The second-order valence-electron chi connectivity index (χ2n) is 6.90. The largest absolute Gasteiger partial charge is 0.370 e. The Morgan fingerprint density at radius 2 is 1.86 bits per heavy atom. The molecule has 0 bridgehead atoms. The van der Waals surface area contributed by atoms with Crippen LogP contribution in [0, 0.1) is 13.8 Å². The molecule has 0 aromatic heterocycles. The van der Waals surface area contributed by atoms with Gasteiger partial charge in [-0.15, -0.1) is 24.0 Å². The van der Waals surface area contributed by atoms with Gasteiger partial charge in [0.15, 0.2) is 5.96 Å². The fourth-order valence-corrected chi connectivity index (χ4v) is 4.62. The quantitative estimate of drug-likeness (QED) is 0.239. The van der Waals surface area contributed by atoms with Crippen LogP contribution in [0.1, 0.15) is 28.7 Å². The third-order valence-electron chi connectivity index (χ3n) is 4.69. The molecule has 2 aromatic carbocycles. The van der Waals surface area contributed by atoms with Crippen molar-refractivity contribution in [3.05, 3.63) is 58.7 Å². The molecule has 0 unspecified atom stereocenters. The number of aliphatic imine (C=N–C) groups is 1. The minimum absolute atomic E-state index is 0. The van der Waals surface area contributed by atoms with E-state index in [0.29, 0.717) is 4.90 Å². The number of nitrogens with one attached hydrogen (secondary N) is 2. The topological polar surface area (TPSA) is 96.6 Å². The molecule has 3 rings (SSSR count). The molecule has 0 heterocycles. The summed E-state index contributed by atoms with van der Waals surface area (Å²) >= 11 is 0. The number of fused-ring (bicyclic) bond motifs is 1. The first-order valence-electron chi connectivity index (χ1n) is 9.11. The van der Waals surface area contributed by atoms with Crippen LogP contribution in [0.15, 0.2) is 46.3 Å². The van der Waals surface area contributed by atoms with Crippen LogP contribution in [0.5, 0.6) is 0 Å². The second kappa shape index (κ2) is 9.71. The van der Waals surface area contributed by atoms with E-state index in [2.05, 4.69) is 27.2 Å². The van der Waals surface area contributed by atoms with Crippen molar-refractivity contribution in [1.29, 1.82) is 0 Å². The monoisotopic (exact) mass is 514 g/mol. The van der Waals surface area contributed by atoms with Gasteiger partial charge in [-0.2, -0.15) is 0 Å². The number of aryl methyl sites for hydroxylation is 4. The van der Waals surface area contributed by atoms with Crippen LogP contribution in [0.2, 0.25) is 0 Å². The van der Waals surface area contributed by atoms with Crippen molar-refractivity contribution in [2.24, 2.45) is 10.7 Å². The van der Waals surface area contributed by atoms with Crippen molar-refractivity contribution in [2.45, 2.75) is 38.0 Å². The minimum Gasteiger partial charge on any atom is -0.370 e. The molecule has 2 aromatic rings. The number of nitrogens with two attached hydrogens (primary N) is 1. The van der Waals surface area contributed by atoms with Crippen LogP contribution in [-0.2, 0) is 22.9 Å². The highest BCUT2D eigenvalue weighted by Crippen LogP contribution is 2.24. The Labute approximate surface area is 184 Å². The van der Waals surface area contributed by atoms with E-state index in [-0.39, 0.29) is 43.0 Å². The van der Waals surface area contributed by atoms with Crippen LogP contribution in [0.25, 0.3) is 0 Å². The lowest BCUT2D eigenvalue weighted by Crippen LogP contribution is -2.29. The van der Waals surface area contributed by atoms with Crippen molar-refractivity contribution in [2.75, 3.05) is 18.4 Å². The molecule has 0 spiro atoms. The number of sulfonamides is 1. The average Bonchev–Trinajstić information content (AvgIpc) is 3.08. The average molecular weight is 514 g/mol. The van der Waals surface area contributed by atoms with Crippen LogP contribution >= 0.6 is 24.0 Å². The minimum atomic E-state index is -3.56. The number of nitrogens with zero attached hydrogens (tertiary/aromatic N) is 1. The van der Waals surface area contributed by atoms with E-state index >= 15 is 0 Å². The number of rotatable bonds is 6. The second-order valence-corrected chi connectivity index (χ2v) is 8.63. The number of benzene rings is 2. The van der Waals surface area contributed by atoms with E-state index in [1.54, 1.807) is 19.1 Å². The van der Waals surface area contributed by atoms with Crippen LogP contribution in [0.4, 0.5) is 5.69 Å².